The number of aromatic nitrogens is 2. The van der Waals surface area contributed by atoms with Gasteiger partial charge >= 0.3 is 11.9 Å². The van der Waals surface area contributed by atoms with Crippen LogP contribution in [0.3, 0.4) is 0 Å². The van der Waals surface area contributed by atoms with Crippen molar-refractivity contribution in [3.05, 3.63) is 34.3 Å². The van der Waals surface area contributed by atoms with Gasteiger partial charge in [-0.25, -0.2) is 9.89 Å². The lowest BCUT2D eigenvalue weighted by Gasteiger charge is -2.32. The van der Waals surface area contributed by atoms with E-state index in [-0.39, 0.29) is 35.1 Å². The predicted molar refractivity (Wildman–Crippen MR) is 90.6 cm³/mol. The topological polar surface area (TPSA) is 96.9 Å². The Bertz CT molecular complexity index is 807. The molecule has 3 rings (SSSR count). The maximum atomic E-state index is 13.4. The normalized spacial score (nSPS) is 22.2. The van der Waals surface area contributed by atoms with E-state index >= 15 is 0 Å². The molecule has 4 N–H and O–H groups in total. The molecule has 1 aliphatic rings. The Morgan fingerprint density at radius 3 is 2.58 bits per heavy atom. The highest BCUT2D eigenvalue weighted by Gasteiger charge is 2.35. The van der Waals surface area contributed by atoms with E-state index in [2.05, 4.69) is 15.5 Å². The highest BCUT2D eigenvalue weighted by Crippen LogP contribution is 2.38. The van der Waals surface area contributed by atoms with E-state index in [4.69, 9.17) is 10.2 Å². The van der Waals surface area contributed by atoms with Crippen molar-refractivity contribution in [2.24, 2.45) is 11.7 Å². The molecule has 1 unspecified atom stereocenters. The Labute approximate surface area is 148 Å². The van der Waals surface area contributed by atoms with Gasteiger partial charge in [0.15, 0.2) is 0 Å². The summed E-state index contributed by atoms with van der Waals surface area (Å²) in [5.41, 5.74) is 5.37. The lowest BCUT2D eigenvalue weighted by atomic mass is 9.82. The molecule has 0 amide bonds. The predicted octanol–water partition coefficient (Wildman–Crippen LogP) is 3.37. The second kappa shape index (κ2) is 7.14. The SMILES string of the molecule is CC(Nc1cc(-c2n[nH]c(=O)o2)ccc1C(F)(F)F)[C@H]1CC[C@H](N)CC1. The van der Waals surface area contributed by atoms with Gasteiger partial charge in [0.05, 0.1) is 5.56 Å². The second-order valence-corrected chi connectivity index (χ2v) is 6.78. The molecule has 26 heavy (non-hydrogen) atoms. The first kappa shape index (κ1) is 18.5. The minimum Gasteiger partial charge on any atom is -0.388 e. The van der Waals surface area contributed by atoms with Gasteiger partial charge in [-0.3, -0.25) is 0 Å². The highest BCUT2D eigenvalue weighted by molar-refractivity contribution is 5.65. The average Bonchev–Trinajstić information content (AvgIpc) is 3.01. The minimum absolute atomic E-state index is 0.0527. The van der Waals surface area contributed by atoms with Crippen molar-refractivity contribution in [3.63, 3.8) is 0 Å². The fraction of sp³-hybridized carbons (Fsp3) is 0.529. The number of rotatable bonds is 4. The number of aromatic amines is 1. The van der Waals surface area contributed by atoms with Crippen molar-refractivity contribution in [2.75, 3.05) is 5.32 Å². The second-order valence-electron chi connectivity index (χ2n) is 6.78. The van der Waals surface area contributed by atoms with Crippen molar-refractivity contribution in [1.29, 1.82) is 0 Å². The molecule has 1 aromatic carbocycles. The van der Waals surface area contributed by atoms with Crippen LogP contribution in [0.25, 0.3) is 11.5 Å². The maximum Gasteiger partial charge on any atom is 0.434 e. The first-order valence-corrected chi connectivity index (χ1v) is 8.53. The van der Waals surface area contributed by atoms with Crippen molar-refractivity contribution in [1.82, 2.24) is 10.2 Å². The summed E-state index contributed by atoms with van der Waals surface area (Å²) in [5, 5.41) is 8.77. The zero-order chi connectivity index (χ0) is 18.9. The molecule has 1 saturated carbocycles. The lowest BCUT2D eigenvalue weighted by molar-refractivity contribution is -0.137. The summed E-state index contributed by atoms with van der Waals surface area (Å²) in [6.07, 6.45) is -0.986. The Morgan fingerprint density at radius 1 is 1.31 bits per heavy atom. The Hall–Kier alpha value is -2.29. The summed E-state index contributed by atoms with van der Waals surface area (Å²) >= 11 is 0. The summed E-state index contributed by atoms with van der Waals surface area (Å²) in [5.74, 6) is -0.563. The zero-order valence-electron chi connectivity index (χ0n) is 14.3. The van der Waals surface area contributed by atoms with E-state index < -0.39 is 17.5 Å². The molecule has 1 heterocycles. The first-order valence-electron chi connectivity index (χ1n) is 8.53. The van der Waals surface area contributed by atoms with E-state index in [1.165, 1.54) is 12.1 Å². The molecule has 0 bridgehead atoms. The van der Waals surface area contributed by atoms with E-state index in [0.717, 1.165) is 31.7 Å². The zero-order valence-corrected chi connectivity index (χ0v) is 14.3. The van der Waals surface area contributed by atoms with Crippen LogP contribution in [0.5, 0.6) is 0 Å². The van der Waals surface area contributed by atoms with Gasteiger partial charge in [0.1, 0.15) is 0 Å². The van der Waals surface area contributed by atoms with Crippen LogP contribution in [0.15, 0.2) is 27.4 Å². The number of halogens is 3. The molecule has 142 valence electrons. The van der Waals surface area contributed by atoms with Crippen LogP contribution in [0.2, 0.25) is 0 Å². The van der Waals surface area contributed by atoms with Crippen molar-refractivity contribution < 1.29 is 17.6 Å². The van der Waals surface area contributed by atoms with Crippen molar-refractivity contribution in [3.8, 4) is 11.5 Å². The molecular formula is C17H21F3N4O2. The Balaban J connectivity index is 1.88. The number of anilines is 1. The molecule has 1 fully saturated rings. The van der Waals surface area contributed by atoms with Crippen LogP contribution >= 0.6 is 0 Å². The molecule has 6 nitrogen and oxygen atoms in total. The number of nitrogens with one attached hydrogen (secondary N) is 2. The summed E-state index contributed by atoms with van der Waals surface area (Å²) in [7, 11) is 0. The van der Waals surface area contributed by atoms with Crippen LogP contribution in [0.1, 0.15) is 38.2 Å². The number of benzene rings is 1. The fourth-order valence-electron chi connectivity index (χ4n) is 3.41. The quantitative estimate of drug-likeness (QED) is 0.767. The number of nitrogens with zero attached hydrogens (tertiary/aromatic N) is 1. The van der Waals surface area contributed by atoms with Crippen LogP contribution in [-0.2, 0) is 6.18 Å². The van der Waals surface area contributed by atoms with E-state index in [0.29, 0.717) is 0 Å². The van der Waals surface area contributed by atoms with Crippen LogP contribution < -0.4 is 16.8 Å². The van der Waals surface area contributed by atoms with Gasteiger partial charge in [-0.15, -0.1) is 5.10 Å². The highest BCUT2D eigenvalue weighted by atomic mass is 19.4. The third-order valence-electron chi connectivity index (χ3n) is 4.92. The molecule has 0 aliphatic heterocycles. The van der Waals surface area contributed by atoms with Gasteiger partial charge in [0, 0.05) is 23.3 Å². The smallest absolute Gasteiger partial charge is 0.388 e. The van der Waals surface area contributed by atoms with Crippen molar-refractivity contribution >= 4 is 5.69 Å². The summed E-state index contributed by atoms with van der Waals surface area (Å²) < 4.78 is 45.0. The molecular weight excluding hydrogens is 349 g/mol. The summed E-state index contributed by atoms with van der Waals surface area (Å²) in [6.45, 7) is 1.88. The lowest BCUT2D eigenvalue weighted by Crippen LogP contribution is -2.34. The maximum absolute atomic E-state index is 13.4. The third kappa shape index (κ3) is 4.09. The molecule has 9 heteroatoms. The Kier molecular flexibility index (Phi) is 5.08. The number of hydrogen-bond acceptors (Lipinski definition) is 5. The number of alkyl halides is 3. The standard InChI is InChI=1S/C17H21F3N4O2/c1-9(10-2-5-12(21)6-3-10)22-14-8-11(15-23-24-16(25)26-15)4-7-13(14)17(18,19)20/h4,7-10,12,22H,2-3,5-6,21H2,1H3,(H,24,25)/t9?,10-,12-. The first-order chi connectivity index (χ1) is 12.2. The molecule has 0 spiro atoms. The Morgan fingerprint density at radius 2 is 2.00 bits per heavy atom. The van der Waals surface area contributed by atoms with Gasteiger partial charge in [-0.1, -0.05) is 0 Å². The minimum atomic E-state index is -4.50. The van der Waals surface area contributed by atoms with Gasteiger partial charge < -0.3 is 15.5 Å². The molecule has 1 aliphatic carbocycles. The van der Waals surface area contributed by atoms with Crippen molar-refractivity contribution in [2.45, 2.75) is 50.9 Å². The molecule has 0 saturated heterocycles. The van der Waals surface area contributed by atoms with E-state index in [9.17, 15) is 18.0 Å². The largest absolute Gasteiger partial charge is 0.434 e. The summed E-state index contributed by atoms with van der Waals surface area (Å²) in [6, 6.07) is 3.54. The van der Waals surface area contributed by atoms with Gasteiger partial charge in [0.2, 0.25) is 5.89 Å². The van der Waals surface area contributed by atoms with E-state index in [1.807, 2.05) is 6.92 Å². The molecule has 2 aromatic rings. The average molecular weight is 370 g/mol. The molecule has 1 aromatic heterocycles. The van der Waals surface area contributed by atoms with Gasteiger partial charge in [0.25, 0.3) is 0 Å². The van der Waals surface area contributed by atoms with E-state index in [1.54, 1.807) is 0 Å². The van der Waals surface area contributed by atoms with Gasteiger partial charge in [-0.05, 0) is 56.7 Å². The fourth-order valence-corrected chi connectivity index (χ4v) is 3.41. The van der Waals surface area contributed by atoms with Crippen LogP contribution in [-0.4, -0.2) is 22.3 Å². The third-order valence-corrected chi connectivity index (χ3v) is 4.92. The number of hydrogen-bond donors (Lipinski definition) is 3. The molecule has 1 atom stereocenters. The van der Waals surface area contributed by atoms with Crippen LogP contribution in [0.4, 0.5) is 18.9 Å². The summed E-state index contributed by atoms with van der Waals surface area (Å²) in [4.78, 5) is 11.1. The number of H-pyrrole nitrogens is 1. The monoisotopic (exact) mass is 370 g/mol. The molecule has 0 radical (unpaired) electrons. The van der Waals surface area contributed by atoms with Gasteiger partial charge in [-0.2, -0.15) is 13.2 Å². The van der Waals surface area contributed by atoms with Crippen LogP contribution in [0, 0.1) is 5.92 Å². The number of nitrogens with two attached hydrogens (primary N) is 1.